The van der Waals surface area contributed by atoms with Crippen molar-refractivity contribution in [2.45, 2.75) is 52.4 Å². The van der Waals surface area contributed by atoms with Crippen molar-refractivity contribution >= 4 is 5.69 Å². The maximum Gasteiger partial charge on any atom is 0.115 e. The van der Waals surface area contributed by atoms with Gasteiger partial charge in [-0.1, -0.05) is 52.4 Å². The Hall–Kier alpha value is -1.18. The first kappa shape index (κ1) is 14.8. The molecule has 16 heavy (non-hydrogen) atoms. The summed E-state index contributed by atoms with van der Waals surface area (Å²) in [6.07, 6.45) is 8.49. The summed E-state index contributed by atoms with van der Waals surface area (Å²) in [5, 5.41) is 8.70. The Kier molecular flexibility index (Phi) is 9.58. The van der Waals surface area contributed by atoms with Gasteiger partial charge in [-0.15, -0.1) is 0 Å². The maximum atomic E-state index is 8.70. The average molecular weight is 223 g/mol. The third kappa shape index (κ3) is 9.38. The first-order chi connectivity index (χ1) is 7.70. The van der Waals surface area contributed by atoms with Crippen LogP contribution in [0.5, 0.6) is 5.75 Å². The molecule has 1 aromatic carbocycles. The predicted molar refractivity (Wildman–Crippen MR) is 71.6 cm³/mol. The van der Waals surface area contributed by atoms with Gasteiger partial charge in [0.25, 0.3) is 0 Å². The quantitative estimate of drug-likeness (QED) is 0.443. The fourth-order valence-corrected chi connectivity index (χ4v) is 1.33. The fraction of sp³-hybridized carbons (Fsp3) is 0.571. The van der Waals surface area contributed by atoms with Gasteiger partial charge in [-0.05, 0) is 24.3 Å². The first-order valence-electron chi connectivity index (χ1n) is 6.25. The maximum absolute atomic E-state index is 8.70. The Morgan fingerprint density at radius 1 is 0.875 bits per heavy atom. The summed E-state index contributed by atoms with van der Waals surface area (Å²) in [5.74, 6) is 0.249. The van der Waals surface area contributed by atoms with Crippen LogP contribution in [-0.2, 0) is 0 Å². The highest BCUT2D eigenvalue weighted by Gasteiger charge is 1.83. The Balaban J connectivity index is 0.000000281. The molecule has 0 saturated heterocycles. The number of phenols is 1. The van der Waals surface area contributed by atoms with Crippen molar-refractivity contribution < 1.29 is 5.11 Å². The third-order valence-corrected chi connectivity index (χ3v) is 2.35. The Bertz CT molecular complexity index is 216. The van der Waals surface area contributed by atoms with Crippen LogP contribution in [0.2, 0.25) is 0 Å². The van der Waals surface area contributed by atoms with Crippen molar-refractivity contribution in [1.29, 1.82) is 0 Å². The minimum Gasteiger partial charge on any atom is -0.508 e. The summed E-state index contributed by atoms with van der Waals surface area (Å²) < 4.78 is 0. The monoisotopic (exact) mass is 223 g/mol. The first-order valence-corrected chi connectivity index (χ1v) is 6.25. The van der Waals surface area contributed by atoms with E-state index in [0.717, 1.165) is 0 Å². The van der Waals surface area contributed by atoms with E-state index in [1.165, 1.54) is 38.5 Å². The van der Waals surface area contributed by atoms with Crippen molar-refractivity contribution in [2.24, 2.45) is 0 Å². The lowest BCUT2D eigenvalue weighted by Crippen LogP contribution is -1.80. The number of rotatable bonds is 5. The van der Waals surface area contributed by atoms with Gasteiger partial charge in [0.2, 0.25) is 0 Å². The van der Waals surface area contributed by atoms with Crippen LogP contribution in [0, 0.1) is 0 Å². The summed E-state index contributed by atoms with van der Waals surface area (Å²) in [7, 11) is 0. The number of unbranched alkanes of at least 4 members (excludes halogenated alkanes) is 5. The highest BCUT2D eigenvalue weighted by molar-refractivity contribution is 5.40. The largest absolute Gasteiger partial charge is 0.508 e. The lowest BCUT2D eigenvalue weighted by molar-refractivity contribution is 0.475. The van der Waals surface area contributed by atoms with Crippen LogP contribution in [0.25, 0.3) is 0 Å². The number of anilines is 1. The molecule has 0 unspecified atom stereocenters. The highest BCUT2D eigenvalue weighted by Crippen LogP contribution is 2.09. The average Bonchev–Trinajstić information content (AvgIpc) is 2.30. The van der Waals surface area contributed by atoms with Gasteiger partial charge in [0.15, 0.2) is 0 Å². The van der Waals surface area contributed by atoms with Gasteiger partial charge >= 0.3 is 0 Å². The molecular formula is C14H25NO. The number of nitrogen functional groups attached to an aromatic ring is 1. The molecule has 0 aliphatic carbocycles. The molecule has 92 valence electrons. The van der Waals surface area contributed by atoms with Crippen LogP contribution in [0.15, 0.2) is 24.3 Å². The normalized spacial score (nSPS) is 9.38. The molecule has 0 bridgehead atoms. The van der Waals surface area contributed by atoms with Gasteiger partial charge in [-0.3, -0.25) is 0 Å². The molecule has 0 aliphatic rings. The van der Waals surface area contributed by atoms with E-state index in [1.54, 1.807) is 24.3 Å². The van der Waals surface area contributed by atoms with Crippen molar-refractivity contribution in [3.05, 3.63) is 24.3 Å². The summed E-state index contributed by atoms with van der Waals surface area (Å²) >= 11 is 0. The molecule has 0 spiro atoms. The van der Waals surface area contributed by atoms with Gasteiger partial charge in [0.1, 0.15) is 5.75 Å². The van der Waals surface area contributed by atoms with E-state index >= 15 is 0 Å². The molecule has 0 radical (unpaired) electrons. The minimum absolute atomic E-state index is 0.249. The molecule has 3 N–H and O–H groups in total. The van der Waals surface area contributed by atoms with Crippen LogP contribution in [0.3, 0.4) is 0 Å². The summed E-state index contributed by atoms with van der Waals surface area (Å²) in [6, 6.07) is 6.40. The topological polar surface area (TPSA) is 46.2 Å². The van der Waals surface area contributed by atoms with Crippen molar-refractivity contribution in [3.8, 4) is 5.75 Å². The second kappa shape index (κ2) is 10.3. The number of hydrogen-bond acceptors (Lipinski definition) is 2. The van der Waals surface area contributed by atoms with E-state index in [4.69, 9.17) is 10.8 Å². The van der Waals surface area contributed by atoms with E-state index in [1.807, 2.05) is 0 Å². The van der Waals surface area contributed by atoms with Crippen LogP contribution >= 0.6 is 0 Å². The smallest absolute Gasteiger partial charge is 0.115 e. The van der Waals surface area contributed by atoms with Gasteiger partial charge in [0, 0.05) is 5.69 Å². The molecule has 0 fully saturated rings. The van der Waals surface area contributed by atoms with E-state index in [2.05, 4.69) is 13.8 Å². The van der Waals surface area contributed by atoms with E-state index in [0.29, 0.717) is 5.69 Å². The van der Waals surface area contributed by atoms with Gasteiger partial charge < -0.3 is 10.8 Å². The number of aromatic hydroxyl groups is 1. The Morgan fingerprint density at radius 3 is 1.62 bits per heavy atom. The van der Waals surface area contributed by atoms with Crippen LogP contribution in [0.1, 0.15) is 52.4 Å². The van der Waals surface area contributed by atoms with Gasteiger partial charge in [-0.25, -0.2) is 0 Å². The zero-order valence-electron chi connectivity index (χ0n) is 10.6. The Labute approximate surface area is 99.5 Å². The van der Waals surface area contributed by atoms with E-state index in [9.17, 15) is 0 Å². The van der Waals surface area contributed by atoms with Crippen LogP contribution in [-0.4, -0.2) is 5.11 Å². The third-order valence-electron chi connectivity index (χ3n) is 2.35. The highest BCUT2D eigenvalue weighted by atomic mass is 16.3. The molecule has 1 rings (SSSR count). The Morgan fingerprint density at radius 2 is 1.31 bits per heavy atom. The summed E-state index contributed by atoms with van der Waals surface area (Å²) in [6.45, 7) is 4.51. The lowest BCUT2D eigenvalue weighted by Gasteiger charge is -1.93. The number of phenolic OH excluding ortho intramolecular Hbond substituents is 1. The van der Waals surface area contributed by atoms with Crippen molar-refractivity contribution in [3.63, 3.8) is 0 Å². The summed E-state index contributed by atoms with van der Waals surface area (Å²) in [4.78, 5) is 0. The second-order valence-corrected chi connectivity index (χ2v) is 4.01. The van der Waals surface area contributed by atoms with Crippen LogP contribution in [0.4, 0.5) is 5.69 Å². The molecule has 1 aromatic rings. The number of benzene rings is 1. The van der Waals surface area contributed by atoms with Gasteiger partial charge in [-0.2, -0.15) is 0 Å². The molecule has 0 aliphatic heterocycles. The minimum atomic E-state index is 0.249. The molecule has 2 heteroatoms. The lowest BCUT2D eigenvalue weighted by atomic mass is 10.1. The zero-order valence-corrected chi connectivity index (χ0v) is 10.6. The SMILES string of the molecule is CCCCCCCC.Nc1ccc(O)cc1. The van der Waals surface area contributed by atoms with Crippen molar-refractivity contribution in [1.82, 2.24) is 0 Å². The fourth-order valence-electron chi connectivity index (χ4n) is 1.33. The molecule has 0 amide bonds. The zero-order chi connectivity index (χ0) is 12.2. The van der Waals surface area contributed by atoms with Gasteiger partial charge in [0.05, 0.1) is 0 Å². The molecule has 0 atom stereocenters. The van der Waals surface area contributed by atoms with Crippen molar-refractivity contribution in [2.75, 3.05) is 5.73 Å². The molecular weight excluding hydrogens is 198 g/mol. The molecule has 0 aromatic heterocycles. The molecule has 0 heterocycles. The predicted octanol–water partition coefficient (Wildman–Crippen LogP) is 4.34. The number of hydrogen-bond donors (Lipinski definition) is 2. The molecule has 2 nitrogen and oxygen atoms in total. The standard InChI is InChI=1S/C8H18.C6H7NO/c1-3-5-7-8-6-4-2;7-5-1-3-6(8)4-2-5/h3-8H2,1-2H3;1-4,8H,7H2. The van der Waals surface area contributed by atoms with E-state index < -0.39 is 0 Å². The second-order valence-electron chi connectivity index (χ2n) is 4.01. The molecule has 0 saturated carbocycles. The van der Waals surface area contributed by atoms with Crippen LogP contribution < -0.4 is 5.73 Å². The van der Waals surface area contributed by atoms with E-state index in [-0.39, 0.29) is 5.75 Å². The summed E-state index contributed by atoms with van der Waals surface area (Å²) in [5.41, 5.74) is 5.98. The number of nitrogens with two attached hydrogens (primary N) is 1.